The fourth-order valence-electron chi connectivity index (χ4n) is 2.67. The van der Waals surface area contributed by atoms with Crippen molar-refractivity contribution >= 4 is 16.9 Å². The van der Waals surface area contributed by atoms with Crippen LogP contribution in [0.5, 0.6) is 0 Å². The first-order chi connectivity index (χ1) is 9.56. The summed E-state index contributed by atoms with van der Waals surface area (Å²) in [6.45, 7) is 2.34. The Bertz CT molecular complexity index is 389. The number of amidine groups is 1. The third-order valence-corrected chi connectivity index (χ3v) is 5.23. The number of rotatable bonds is 4. The Morgan fingerprint density at radius 2 is 2.15 bits per heavy atom. The lowest BCUT2D eigenvalue weighted by atomic mass is 9.95. The minimum atomic E-state index is -1.09. The molecule has 6 nitrogen and oxygen atoms in total. The number of fused-ring (bicyclic) bond motifs is 1. The number of hydrogen-bond donors (Lipinski definition) is 4. The summed E-state index contributed by atoms with van der Waals surface area (Å²) in [4.78, 5) is 4.49. The summed E-state index contributed by atoms with van der Waals surface area (Å²) in [5.74, 6) is 0.844. The van der Waals surface area contributed by atoms with Crippen LogP contribution < -0.4 is 5.32 Å². The zero-order chi connectivity index (χ0) is 14.3. The van der Waals surface area contributed by atoms with Crippen molar-refractivity contribution in [2.24, 2.45) is 10.9 Å². The van der Waals surface area contributed by atoms with Gasteiger partial charge in [-0.3, -0.25) is 4.99 Å². The number of aliphatic imine (C=N–C) groups is 1. The predicted octanol–water partition coefficient (Wildman–Crippen LogP) is -0.325. The lowest BCUT2D eigenvalue weighted by Crippen LogP contribution is -2.61. The smallest absolute Gasteiger partial charge is 0.159 e. The Morgan fingerprint density at radius 1 is 1.40 bits per heavy atom. The molecule has 2 saturated heterocycles. The fraction of sp³-hybridized carbons (Fsp3) is 0.923. The van der Waals surface area contributed by atoms with Crippen LogP contribution in [0.3, 0.4) is 0 Å². The van der Waals surface area contributed by atoms with E-state index in [0.717, 1.165) is 24.1 Å². The van der Waals surface area contributed by atoms with Crippen LogP contribution in [0, 0.1) is 5.92 Å². The largest absolute Gasteiger partial charge is 0.391 e. The summed E-state index contributed by atoms with van der Waals surface area (Å²) in [7, 11) is 0. The first kappa shape index (κ1) is 14.6. The molecule has 0 spiro atoms. The topological polar surface area (TPSA) is 94.3 Å². The maximum Gasteiger partial charge on any atom is 0.159 e. The minimum Gasteiger partial charge on any atom is -0.391 e. The molecule has 6 unspecified atom stereocenters. The maximum absolute atomic E-state index is 10.1. The van der Waals surface area contributed by atoms with Gasteiger partial charge in [-0.25, -0.2) is 0 Å². The molecule has 0 bridgehead atoms. The van der Waals surface area contributed by atoms with Crippen LogP contribution in [0.1, 0.15) is 26.2 Å². The average molecular weight is 302 g/mol. The van der Waals surface area contributed by atoms with Crippen molar-refractivity contribution in [3.63, 3.8) is 0 Å². The van der Waals surface area contributed by atoms with E-state index in [2.05, 4.69) is 10.3 Å². The second kappa shape index (κ2) is 5.81. The highest BCUT2D eigenvalue weighted by atomic mass is 32.2. The molecule has 1 saturated carbocycles. The third-order valence-electron chi connectivity index (χ3n) is 4.12. The molecular formula is C13H22N2O4S. The quantitative estimate of drug-likeness (QED) is 0.568. The molecule has 114 valence electrons. The van der Waals surface area contributed by atoms with Crippen molar-refractivity contribution in [3.05, 3.63) is 0 Å². The first-order valence-electron chi connectivity index (χ1n) is 7.23. The van der Waals surface area contributed by atoms with Crippen molar-refractivity contribution in [2.45, 2.75) is 62.1 Å². The molecule has 0 amide bonds. The second-order valence-corrected chi connectivity index (χ2v) is 6.98. The highest BCUT2D eigenvalue weighted by Crippen LogP contribution is 2.35. The van der Waals surface area contributed by atoms with E-state index in [-0.39, 0.29) is 11.5 Å². The van der Waals surface area contributed by atoms with E-state index in [1.807, 2.05) is 0 Å². The van der Waals surface area contributed by atoms with Crippen molar-refractivity contribution in [1.29, 1.82) is 0 Å². The number of nitrogens with zero attached hydrogens (tertiary/aromatic N) is 1. The van der Waals surface area contributed by atoms with Crippen LogP contribution in [0.2, 0.25) is 0 Å². The van der Waals surface area contributed by atoms with Crippen LogP contribution in [0.4, 0.5) is 0 Å². The van der Waals surface area contributed by atoms with Gasteiger partial charge in [-0.2, -0.15) is 0 Å². The molecule has 6 atom stereocenters. The van der Waals surface area contributed by atoms with Gasteiger partial charge in [0.25, 0.3) is 0 Å². The van der Waals surface area contributed by atoms with Gasteiger partial charge in [0.1, 0.15) is 23.7 Å². The van der Waals surface area contributed by atoms with E-state index in [9.17, 15) is 15.3 Å². The second-order valence-electron chi connectivity index (χ2n) is 5.90. The number of nitrogens with one attached hydrogen (secondary N) is 1. The Kier molecular flexibility index (Phi) is 4.24. The van der Waals surface area contributed by atoms with Crippen molar-refractivity contribution in [2.75, 3.05) is 6.54 Å². The Morgan fingerprint density at radius 3 is 2.80 bits per heavy atom. The summed E-state index contributed by atoms with van der Waals surface area (Å²) >= 11 is 1.43. The van der Waals surface area contributed by atoms with Crippen LogP contribution in [0.15, 0.2) is 4.99 Å². The van der Waals surface area contributed by atoms with E-state index in [1.165, 1.54) is 24.6 Å². The molecule has 3 fully saturated rings. The van der Waals surface area contributed by atoms with Crippen LogP contribution in [-0.4, -0.2) is 62.9 Å². The Labute approximate surface area is 122 Å². The van der Waals surface area contributed by atoms with Gasteiger partial charge >= 0.3 is 0 Å². The molecule has 3 rings (SSSR count). The van der Waals surface area contributed by atoms with E-state index in [0.29, 0.717) is 0 Å². The number of aliphatic hydroxyl groups excluding tert-OH is 3. The van der Waals surface area contributed by atoms with Crippen molar-refractivity contribution < 1.29 is 20.1 Å². The van der Waals surface area contributed by atoms with Crippen molar-refractivity contribution in [1.82, 2.24) is 5.32 Å². The first-order valence-corrected chi connectivity index (χ1v) is 8.11. The lowest BCUT2D eigenvalue weighted by Gasteiger charge is -2.40. The van der Waals surface area contributed by atoms with E-state index >= 15 is 0 Å². The number of thioether (sulfide) groups is 1. The fourth-order valence-corrected chi connectivity index (χ4v) is 3.82. The van der Waals surface area contributed by atoms with Gasteiger partial charge in [0.2, 0.25) is 0 Å². The molecule has 0 aromatic carbocycles. The zero-order valence-electron chi connectivity index (χ0n) is 11.5. The number of aliphatic hydroxyl groups is 3. The molecule has 7 heteroatoms. The molecule has 0 aromatic rings. The third kappa shape index (κ3) is 2.96. The molecule has 0 radical (unpaired) electrons. The number of ether oxygens (including phenoxy) is 1. The van der Waals surface area contributed by atoms with Gasteiger partial charge < -0.3 is 25.4 Å². The summed E-state index contributed by atoms with van der Waals surface area (Å²) < 4.78 is 5.68. The van der Waals surface area contributed by atoms with Gasteiger partial charge in [0, 0.05) is 6.54 Å². The molecule has 3 aliphatic rings. The summed E-state index contributed by atoms with van der Waals surface area (Å²) in [6, 6.07) is -0.371. The molecule has 2 heterocycles. The molecule has 1 aliphatic carbocycles. The van der Waals surface area contributed by atoms with Crippen LogP contribution in [0.25, 0.3) is 0 Å². The van der Waals surface area contributed by atoms with E-state index < -0.39 is 24.4 Å². The van der Waals surface area contributed by atoms with E-state index in [1.54, 1.807) is 6.92 Å². The van der Waals surface area contributed by atoms with Gasteiger partial charge in [-0.05, 0) is 19.3 Å². The van der Waals surface area contributed by atoms with Gasteiger partial charge in [0.15, 0.2) is 5.17 Å². The monoisotopic (exact) mass is 302 g/mol. The summed E-state index contributed by atoms with van der Waals surface area (Å²) in [5.41, 5.74) is -0.312. The summed E-state index contributed by atoms with van der Waals surface area (Å²) in [6.07, 6.45) is 0.126. The van der Waals surface area contributed by atoms with Gasteiger partial charge in [0.05, 0.1) is 12.1 Å². The predicted molar refractivity (Wildman–Crippen MR) is 76.5 cm³/mol. The SMILES string of the molecule is CC(O)C1OC2SC(=NCCC3CC3)NC2C(O)C1O. The minimum absolute atomic E-state index is 0.312. The number of hydrogen-bond acceptors (Lipinski definition) is 6. The molecular weight excluding hydrogens is 280 g/mol. The van der Waals surface area contributed by atoms with E-state index in [4.69, 9.17) is 4.74 Å². The lowest BCUT2D eigenvalue weighted by molar-refractivity contribution is -0.184. The van der Waals surface area contributed by atoms with Crippen LogP contribution in [-0.2, 0) is 4.74 Å². The standard InChI is InChI=1S/C13H22N2O4S/c1-6(16)11-10(18)9(17)8-12(19-11)20-13(15-8)14-5-4-7-2-3-7/h6-12,16-18H,2-5H2,1H3,(H,14,15). The molecule has 20 heavy (non-hydrogen) atoms. The average Bonchev–Trinajstić information content (AvgIpc) is 3.12. The van der Waals surface area contributed by atoms with Crippen molar-refractivity contribution in [3.8, 4) is 0 Å². The Balaban J connectivity index is 1.61. The summed E-state index contributed by atoms with van der Waals surface area (Å²) in [5, 5.41) is 33.6. The highest BCUT2D eigenvalue weighted by Gasteiger charge is 2.50. The van der Waals surface area contributed by atoms with Gasteiger partial charge in [-0.1, -0.05) is 24.6 Å². The van der Waals surface area contributed by atoms with Crippen LogP contribution >= 0.6 is 11.8 Å². The van der Waals surface area contributed by atoms with Gasteiger partial charge in [-0.15, -0.1) is 0 Å². The molecule has 2 aliphatic heterocycles. The molecule has 0 aromatic heterocycles. The normalized spacial score (nSPS) is 44.2. The highest BCUT2D eigenvalue weighted by molar-refractivity contribution is 8.14. The zero-order valence-corrected chi connectivity index (χ0v) is 12.3. The Hall–Kier alpha value is -0.340. The molecule has 4 N–H and O–H groups in total. The maximum atomic E-state index is 10.1.